The minimum Gasteiger partial charge on any atom is -0.457 e. The predicted octanol–water partition coefficient (Wildman–Crippen LogP) is 5.66. The summed E-state index contributed by atoms with van der Waals surface area (Å²) in [4.78, 5) is 12.6. The summed E-state index contributed by atoms with van der Waals surface area (Å²) in [5.41, 5.74) is 0.0111. The fourth-order valence-electron chi connectivity index (χ4n) is 2.80. The molecule has 4 rings (SSSR count). The summed E-state index contributed by atoms with van der Waals surface area (Å²) >= 11 is 1.02. The van der Waals surface area contributed by atoms with Crippen LogP contribution in [-0.4, -0.2) is 25.8 Å². The van der Waals surface area contributed by atoms with Crippen molar-refractivity contribution in [1.82, 2.24) is 14.6 Å². The highest BCUT2D eigenvalue weighted by Gasteiger charge is 2.31. The quantitative estimate of drug-likeness (QED) is 0.378. The van der Waals surface area contributed by atoms with Crippen molar-refractivity contribution in [2.45, 2.75) is 23.5 Å². The van der Waals surface area contributed by atoms with Crippen LogP contribution in [0.25, 0.3) is 5.65 Å². The first-order valence-electron chi connectivity index (χ1n) is 9.52. The van der Waals surface area contributed by atoms with Crippen molar-refractivity contribution in [3.8, 4) is 11.5 Å². The number of halogens is 3. The maximum absolute atomic E-state index is 13.0. The van der Waals surface area contributed by atoms with Gasteiger partial charge in [0.2, 0.25) is 5.91 Å². The molecule has 10 heteroatoms. The van der Waals surface area contributed by atoms with Gasteiger partial charge >= 0.3 is 6.18 Å². The number of nitrogens with one attached hydrogen (secondary N) is 1. The second-order valence-corrected chi connectivity index (χ2v) is 8.12. The number of pyridine rings is 1. The number of carbonyl (C=O) groups excluding carboxylic acids is 1. The molecule has 1 unspecified atom stereocenters. The Labute approximate surface area is 185 Å². The number of benzene rings is 2. The minimum atomic E-state index is -4.49. The number of alkyl halides is 3. The van der Waals surface area contributed by atoms with Crippen LogP contribution in [0.4, 0.5) is 18.9 Å². The van der Waals surface area contributed by atoms with Gasteiger partial charge in [0.15, 0.2) is 10.8 Å². The van der Waals surface area contributed by atoms with E-state index >= 15 is 0 Å². The van der Waals surface area contributed by atoms with Crippen LogP contribution in [0.5, 0.6) is 11.5 Å². The molecule has 0 radical (unpaired) electrons. The highest BCUT2D eigenvalue weighted by atomic mass is 32.2. The Balaban J connectivity index is 1.41. The van der Waals surface area contributed by atoms with Gasteiger partial charge in [0.25, 0.3) is 0 Å². The van der Waals surface area contributed by atoms with E-state index in [1.165, 1.54) is 10.5 Å². The molecule has 0 saturated heterocycles. The van der Waals surface area contributed by atoms with Gasteiger partial charge < -0.3 is 10.1 Å². The van der Waals surface area contributed by atoms with E-state index < -0.39 is 17.0 Å². The van der Waals surface area contributed by atoms with E-state index in [-0.39, 0.29) is 16.7 Å². The van der Waals surface area contributed by atoms with Gasteiger partial charge in [-0.2, -0.15) is 13.2 Å². The van der Waals surface area contributed by atoms with E-state index in [1.807, 2.05) is 30.3 Å². The number of nitrogens with zero attached hydrogens (tertiary/aromatic N) is 3. The molecule has 1 atom stereocenters. The third kappa shape index (κ3) is 5.02. The van der Waals surface area contributed by atoms with Crippen LogP contribution in [0.15, 0.2) is 78.1 Å². The Bertz CT molecular complexity index is 1230. The van der Waals surface area contributed by atoms with Crippen molar-refractivity contribution in [3.63, 3.8) is 0 Å². The number of rotatable bonds is 6. The van der Waals surface area contributed by atoms with E-state index in [1.54, 1.807) is 31.2 Å². The molecule has 0 fully saturated rings. The Kier molecular flexibility index (Phi) is 6.04. The van der Waals surface area contributed by atoms with Crippen molar-refractivity contribution in [1.29, 1.82) is 0 Å². The molecule has 1 N–H and O–H groups in total. The molecule has 0 aliphatic carbocycles. The molecule has 164 valence electrons. The predicted molar refractivity (Wildman–Crippen MR) is 115 cm³/mol. The van der Waals surface area contributed by atoms with Gasteiger partial charge in [-0.25, -0.2) is 0 Å². The van der Waals surface area contributed by atoms with E-state index in [9.17, 15) is 18.0 Å². The molecular weight excluding hydrogens is 441 g/mol. The van der Waals surface area contributed by atoms with Crippen molar-refractivity contribution in [2.24, 2.45) is 0 Å². The number of ether oxygens (including phenoxy) is 1. The van der Waals surface area contributed by atoms with Crippen molar-refractivity contribution < 1.29 is 22.7 Å². The third-order valence-corrected chi connectivity index (χ3v) is 5.51. The standard InChI is InChI=1S/C22H17F3N4O2S/c1-14(32-21-28-27-19-12-7-15(13-29(19)21)22(23,24)25)20(30)26-16-8-10-18(11-9-16)31-17-5-3-2-4-6-17/h2-14H,1H3,(H,26,30). The third-order valence-electron chi connectivity index (χ3n) is 4.45. The lowest BCUT2D eigenvalue weighted by molar-refractivity contribution is -0.137. The van der Waals surface area contributed by atoms with Gasteiger partial charge in [0.05, 0.1) is 10.8 Å². The normalized spacial score (nSPS) is 12.5. The van der Waals surface area contributed by atoms with Gasteiger partial charge in [0.1, 0.15) is 11.5 Å². The van der Waals surface area contributed by atoms with E-state index in [0.717, 1.165) is 24.0 Å². The number of anilines is 1. The van der Waals surface area contributed by atoms with Crippen LogP contribution in [0.2, 0.25) is 0 Å². The lowest BCUT2D eigenvalue weighted by atomic mass is 10.3. The molecule has 0 bridgehead atoms. The SMILES string of the molecule is CC(Sc1nnc2ccc(C(F)(F)F)cn12)C(=O)Nc1ccc(Oc2ccccc2)cc1. The zero-order valence-corrected chi connectivity index (χ0v) is 17.5. The van der Waals surface area contributed by atoms with Gasteiger partial charge in [-0.05, 0) is 55.5 Å². The first kappa shape index (κ1) is 21.7. The Hall–Kier alpha value is -3.53. The Morgan fingerprint density at radius 1 is 1.00 bits per heavy atom. The summed E-state index contributed by atoms with van der Waals surface area (Å²) in [6, 6.07) is 18.3. The average molecular weight is 458 g/mol. The van der Waals surface area contributed by atoms with Crippen LogP contribution in [0.3, 0.4) is 0 Å². The highest BCUT2D eigenvalue weighted by Crippen LogP contribution is 2.31. The summed E-state index contributed by atoms with van der Waals surface area (Å²) in [6.07, 6.45) is -3.56. The van der Waals surface area contributed by atoms with Crippen LogP contribution >= 0.6 is 11.8 Å². The molecule has 32 heavy (non-hydrogen) atoms. The maximum Gasteiger partial charge on any atom is 0.417 e. The number of amides is 1. The van der Waals surface area contributed by atoms with E-state index in [0.29, 0.717) is 17.2 Å². The summed E-state index contributed by atoms with van der Waals surface area (Å²) in [6.45, 7) is 1.64. The molecule has 0 saturated carbocycles. The van der Waals surface area contributed by atoms with Crippen molar-refractivity contribution in [2.75, 3.05) is 5.32 Å². The molecule has 0 aliphatic heterocycles. The Morgan fingerprint density at radius 3 is 2.38 bits per heavy atom. The number of hydrogen-bond donors (Lipinski definition) is 1. The topological polar surface area (TPSA) is 68.5 Å². The lowest BCUT2D eigenvalue weighted by Crippen LogP contribution is -2.22. The van der Waals surface area contributed by atoms with Crippen LogP contribution in [0, 0.1) is 0 Å². The molecule has 2 heterocycles. The number of para-hydroxylation sites is 1. The summed E-state index contributed by atoms with van der Waals surface area (Å²) in [7, 11) is 0. The molecule has 4 aromatic rings. The smallest absolute Gasteiger partial charge is 0.417 e. The molecular formula is C22H17F3N4O2S. The Morgan fingerprint density at radius 2 is 1.69 bits per heavy atom. The van der Waals surface area contributed by atoms with Crippen molar-refractivity contribution >= 4 is 29.0 Å². The van der Waals surface area contributed by atoms with Gasteiger partial charge in [-0.15, -0.1) is 10.2 Å². The molecule has 1 amide bonds. The number of carbonyl (C=O) groups is 1. The molecule has 6 nitrogen and oxygen atoms in total. The zero-order chi connectivity index (χ0) is 22.7. The maximum atomic E-state index is 13.0. The van der Waals surface area contributed by atoms with Crippen molar-refractivity contribution in [3.05, 3.63) is 78.5 Å². The number of hydrogen-bond acceptors (Lipinski definition) is 5. The fraction of sp³-hybridized carbons (Fsp3) is 0.136. The monoisotopic (exact) mass is 458 g/mol. The summed E-state index contributed by atoms with van der Waals surface area (Å²) in [5.74, 6) is 0.992. The van der Waals surface area contributed by atoms with Crippen LogP contribution in [-0.2, 0) is 11.0 Å². The first-order valence-corrected chi connectivity index (χ1v) is 10.4. The van der Waals surface area contributed by atoms with Gasteiger partial charge in [-0.3, -0.25) is 9.20 Å². The second-order valence-electron chi connectivity index (χ2n) is 6.82. The van der Waals surface area contributed by atoms with Crippen LogP contribution in [0.1, 0.15) is 12.5 Å². The first-order chi connectivity index (χ1) is 15.3. The highest BCUT2D eigenvalue weighted by molar-refractivity contribution is 8.00. The largest absolute Gasteiger partial charge is 0.457 e. The number of fused-ring (bicyclic) bond motifs is 1. The lowest BCUT2D eigenvalue weighted by Gasteiger charge is -2.12. The number of thioether (sulfide) groups is 1. The summed E-state index contributed by atoms with van der Waals surface area (Å²) < 4.78 is 46.0. The van der Waals surface area contributed by atoms with Crippen LogP contribution < -0.4 is 10.1 Å². The average Bonchev–Trinajstić information content (AvgIpc) is 3.17. The molecule has 0 aliphatic rings. The fourth-order valence-corrected chi connectivity index (χ4v) is 3.63. The molecule has 2 aromatic heterocycles. The zero-order valence-electron chi connectivity index (χ0n) is 16.7. The van der Waals surface area contributed by atoms with Gasteiger partial charge in [-0.1, -0.05) is 30.0 Å². The summed E-state index contributed by atoms with van der Waals surface area (Å²) in [5, 5.41) is 10.1. The van der Waals surface area contributed by atoms with E-state index in [2.05, 4.69) is 15.5 Å². The second kappa shape index (κ2) is 8.91. The minimum absolute atomic E-state index is 0.195. The van der Waals surface area contributed by atoms with Gasteiger partial charge in [0, 0.05) is 11.9 Å². The molecule has 0 spiro atoms. The number of aromatic nitrogens is 3. The molecule has 2 aromatic carbocycles. The van der Waals surface area contributed by atoms with E-state index in [4.69, 9.17) is 4.74 Å².